The molecule has 90 valence electrons. The number of hydrogen-bond donors (Lipinski definition) is 1. The maximum Gasteiger partial charge on any atom is 0.0598 e. The maximum absolute atomic E-state index is 5.36. The van der Waals surface area contributed by atoms with E-state index >= 15 is 0 Å². The third-order valence-electron chi connectivity index (χ3n) is 3.50. The van der Waals surface area contributed by atoms with E-state index in [0.717, 1.165) is 26.2 Å². The number of nitrogens with zero attached hydrogens (tertiary/aromatic N) is 1. The first-order valence-electron chi connectivity index (χ1n) is 6.33. The summed E-state index contributed by atoms with van der Waals surface area (Å²) in [7, 11) is 0. The van der Waals surface area contributed by atoms with Crippen molar-refractivity contribution >= 4 is 5.69 Å². The van der Waals surface area contributed by atoms with Crippen molar-refractivity contribution in [1.29, 1.82) is 0 Å². The van der Waals surface area contributed by atoms with Crippen molar-refractivity contribution in [2.45, 2.75) is 19.3 Å². The topological polar surface area (TPSA) is 15.3 Å². The monoisotopic (exact) mass is 228 g/mol. The highest BCUT2D eigenvalue weighted by Crippen LogP contribution is 2.33. The lowest BCUT2D eigenvalue weighted by Crippen LogP contribution is -2.26. The van der Waals surface area contributed by atoms with E-state index in [1.807, 2.05) is 0 Å². The van der Waals surface area contributed by atoms with Crippen molar-refractivity contribution in [3.63, 3.8) is 0 Å². The molecule has 0 aromatic heterocycles. The second kappa shape index (κ2) is 5.75. The second-order valence-electron chi connectivity index (χ2n) is 4.53. The first-order chi connectivity index (χ1) is 8.35. The molecule has 1 aromatic rings. The molecule has 1 aliphatic heterocycles. The number of fused-ring (bicyclic) bond motifs is 1. The molecule has 0 radical (unpaired) electrons. The van der Waals surface area contributed by atoms with Gasteiger partial charge in [0.15, 0.2) is 0 Å². The van der Waals surface area contributed by atoms with E-state index in [1.54, 1.807) is 0 Å². The zero-order valence-electron chi connectivity index (χ0n) is 10.4. The Balaban J connectivity index is 1.91. The average Bonchev–Trinajstić information content (AvgIpc) is 2.78. The van der Waals surface area contributed by atoms with Crippen LogP contribution >= 0.6 is 0 Å². The quantitative estimate of drug-likeness (QED) is 0.779. The van der Waals surface area contributed by atoms with E-state index in [1.165, 1.54) is 17.7 Å². The minimum Gasteiger partial charge on any atom is -0.384 e. The Labute approximate surface area is 104 Å². The van der Waals surface area contributed by atoms with E-state index < -0.39 is 0 Å². The van der Waals surface area contributed by atoms with Gasteiger partial charge in [-0.2, -0.15) is 0 Å². The number of para-hydroxylation sites is 1. The number of rotatable bonds is 5. The van der Waals surface area contributed by atoms with Gasteiger partial charge in [0.2, 0.25) is 0 Å². The predicted molar refractivity (Wildman–Crippen MR) is 73.2 cm³/mol. The second-order valence-corrected chi connectivity index (χ2v) is 4.53. The van der Waals surface area contributed by atoms with Crippen molar-refractivity contribution in [2.24, 2.45) is 0 Å². The van der Waals surface area contributed by atoms with Gasteiger partial charge in [-0.3, -0.25) is 4.90 Å². The molecule has 0 spiro atoms. The van der Waals surface area contributed by atoms with Crippen LogP contribution in [0.25, 0.3) is 0 Å². The summed E-state index contributed by atoms with van der Waals surface area (Å²) in [6.07, 6.45) is 6.54. The van der Waals surface area contributed by atoms with Gasteiger partial charge < -0.3 is 5.32 Å². The Hall–Kier alpha value is -1.46. The van der Waals surface area contributed by atoms with Gasteiger partial charge in [0.1, 0.15) is 0 Å². The van der Waals surface area contributed by atoms with Gasteiger partial charge in [0.05, 0.1) is 6.54 Å². The lowest BCUT2D eigenvalue weighted by atomic mass is 9.98. The molecule has 17 heavy (non-hydrogen) atoms. The largest absolute Gasteiger partial charge is 0.384 e. The molecular formula is C15H20N2. The molecule has 0 aliphatic carbocycles. The van der Waals surface area contributed by atoms with E-state index in [4.69, 9.17) is 6.42 Å². The zero-order chi connectivity index (χ0) is 12.1. The zero-order valence-corrected chi connectivity index (χ0v) is 10.4. The molecule has 1 atom stereocenters. The molecule has 2 nitrogen and oxygen atoms in total. The third kappa shape index (κ3) is 2.81. The Morgan fingerprint density at radius 3 is 3.06 bits per heavy atom. The maximum atomic E-state index is 5.36. The summed E-state index contributed by atoms with van der Waals surface area (Å²) in [5, 5.41) is 3.47. The highest BCUT2D eigenvalue weighted by molar-refractivity contribution is 5.57. The summed E-state index contributed by atoms with van der Waals surface area (Å²) < 4.78 is 0. The summed E-state index contributed by atoms with van der Waals surface area (Å²) in [4.78, 5) is 2.32. The molecule has 0 saturated heterocycles. The highest BCUT2D eigenvalue weighted by Gasteiger charge is 2.21. The first-order valence-corrected chi connectivity index (χ1v) is 6.33. The molecule has 1 N–H and O–H groups in total. The average molecular weight is 228 g/mol. The lowest BCUT2D eigenvalue weighted by Gasteiger charge is -2.19. The van der Waals surface area contributed by atoms with Crippen LogP contribution in [0.4, 0.5) is 5.69 Å². The van der Waals surface area contributed by atoms with E-state index in [0.29, 0.717) is 5.92 Å². The fourth-order valence-electron chi connectivity index (χ4n) is 2.43. The van der Waals surface area contributed by atoms with E-state index in [2.05, 4.69) is 47.3 Å². The smallest absolute Gasteiger partial charge is 0.0598 e. The minimum absolute atomic E-state index is 0.637. The van der Waals surface area contributed by atoms with Crippen molar-refractivity contribution < 1.29 is 0 Å². The highest BCUT2D eigenvalue weighted by atomic mass is 15.1. The van der Waals surface area contributed by atoms with E-state index in [-0.39, 0.29) is 0 Å². The Kier molecular flexibility index (Phi) is 4.06. The minimum atomic E-state index is 0.637. The Bertz CT molecular complexity index is 406. The molecule has 2 heteroatoms. The van der Waals surface area contributed by atoms with Crippen LogP contribution in [0.3, 0.4) is 0 Å². The number of hydrogen-bond acceptors (Lipinski definition) is 2. The molecular weight excluding hydrogens is 208 g/mol. The summed E-state index contributed by atoms with van der Waals surface area (Å²) in [6.45, 7) is 6.11. The van der Waals surface area contributed by atoms with Gasteiger partial charge in [-0.05, 0) is 31.1 Å². The molecule has 0 amide bonds. The van der Waals surface area contributed by atoms with Crippen LogP contribution in [0.15, 0.2) is 24.3 Å². The lowest BCUT2D eigenvalue weighted by molar-refractivity contribution is 0.311. The molecule has 0 bridgehead atoms. The van der Waals surface area contributed by atoms with Gasteiger partial charge in [-0.25, -0.2) is 0 Å². The fraction of sp³-hybridized carbons (Fsp3) is 0.467. The molecule has 0 fully saturated rings. The van der Waals surface area contributed by atoms with E-state index in [9.17, 15) is 0 Å². The van der Waals surface area contributed by atoms with Crippen LogP contribution in [0.5, 0.6) is 0 Å². The molecule has 2 rings (SSSR count). The Morgan fingerprint density at radius 2 is 2.29 bits per heavy atom. The van der Waals surface area contributed by atoms with Gasteiger partial charge in [-0.15, -0.1) is 6.42 Å². The third-order valence-corrected chi connectivity index (χ3v) is 3.50. The predicted octanol–water partition coefficient (Wildman–Crippen LogP) is 2.54. The van der Waals surface area contributed by atoms with Crippen molar-refractivity contribution in [2.75, 3.05) is 31.5 Å². The van der Waals surface area contributed by atoms with Crippen molar-refractivity contribution in [3.05, 3.63) is 29.8 Å². The van der Waals surface area contributed by atoms with Crippen LogP contribution in [0.1, 0.15) is 24.8 Å². The number of benzene rings is 1. The van der Waals surface area contributed by atoms with Crippen molar-refractivity contribution in [1.82, 2.24) is 4.90 Å². The molecule has 1 aliphatic rings. The number of terminal acetylenes is 1. The SMILES string of the molecule is C#CCN(CC)CCC1CNc2ccccc21. The molecule has 1 heterocycles. The van der Waals surface area contributed by atoms with Crippen LogP contribution in [-0.2, 0) is 0 Å². The van der Waals surface area contributed by atoms with Crippen molar-refractivity contribution in [3.8, 4) is 12.3 Å². The van der Waals surface area contributed by atoms with Gasteiger partial charge in [-0.1, -0.05) is 31.0 Å². The first kappa shape index (κ1) is 12.0. The number of nitrogens with one attached hydrogen (secondary N) is 1. The number of anilines is 1. The summed E-state index contributed by atoms with van der Waals surface area (Å²) >= 11 is 0. The van der Waals surface area contributed by atoms with Crippen LogP contribution in [0.2, 0.25) is 0 Å². The summed E-state index contributed by atoms with van der Waals surface area (Å²) in [5.74, 6) is 3.36. The molecule has 1 unspecified atom stereocenters. The van der Waals surface area contributed by atoms with Gasteiger partial charge in [0, 0.05) is 18.2 Å². The summed E-state index contributed by atoms with van der Waals surface area (Å²) in [6, 6.07) is 8.61. The normalized spacial score (nSPS) is 17.6. The standard InChI is InChI=1S/C15H20N2/c1-3-10-17(4-2)11-9-13-12-16-15-8-6-5-7-14(13)15/h1,5-8,13,16H,4,9-12H2,2H3. The van der Waals surface area contributed by atoms with Gasteiger partial charge in [0.25, 0.3) is 0 Å². The Morgan fingerprint density at radius 1 is 1.47 bits per heavy atom. The van der Waals surface area contributed by atoms with Crippen LogP contribution in [-0.4, -0.2) is 31.1 Å². The fourth-order valence-corrected chi connectivity index (χ4v) is 2.43. The van der Waals surface area contributed by atoms with Crippen LogP contribution in [0, 0.1) is 12.3 Å². The van der Waals surface area contributed by atoms with Gasteiger partial charge >= 0.3 is 0 Å². The summed E-state index contributed by atoms with van der Waals surface area (Å²) in [5.41, 5.74) is 2.77. The van der Waals surface area contributed by atoms with Crippen LogP contribution < -0.4 is 5.32 Å². The molecule has 0 saturated carbocycles. The molecule has 1 aromatic carbocycles.